The fourth-order valence-electron chi connectivity index (χ4n) is 5.28. The minimum Gasteiger partial charge on any atom is -0.460 e. The second-order valence-corrected chi connectivity index (χ2v) is 10.9. The predicted octanol–water partition coefficient (Wildman–Crippen LogP) is 6.20. The van der Waals surface area contributed by atoms with Gasteiger partial charge in [0.2, 0.25) is 0 Å². The van der Waals surface area contributed by atoms with Crippen LogP contribution in [0.1, 0.15) is 56.4 Å². The van der Waals surface area contributed by atoms with Crippen molar-refractivity contribution < 1.29 is 24.0 Å². The van der Waals surface area contributed by atoms with Crippen molar-refractivity contribution in [3.8, 4) is 0 Å². The summed E-state index contributed by atoms with van der Waals surface area (Å²) in [7, 11) is 1.96. The lowest BCUT2D eigenvalue weighted by Crippen LogP contribution is -2.34. The van der Waals surface area contributed by atoms with Crippen LogP contribution in [0.3, 0.4) is 0 Å². The molecule has 43 heavy (non-hydrogen) atoms. The number of nitrogens with one attached hydrogen (secondary N) is 1. The lowest BCUT2D eigenvalue weighted by molar-refractivity contribution is -0.384. The average molecular weight is 584 g/mol. The quantitative estimate of drug-likeness (QED) is 0.161. The number of dihydropyridines is 1. The molecule has 0 saturated heterocycles. The number of hydrogen-bond donors (Lipinski definition) is 1. The summed E-state index contributed by atoms with van der Waals surface area (Å²) >= 11 is 0. The van der Waals surface area contributed by atoms with Gasteiger partial charge in [0.15, 0.2) is 0 Å². The molecule has 0 radical (unpaired) electrons. The third-order valence-corrected chi connectivity index (χ3v) is 7.15. The smallest absolute Gasteiger partial charge is 0.337 e. The Bertz CT molecular complexity index is 1530. The molecule has 2 unspecified atom stereocenters. The monoisotopic (exact) mass is 583 g/mol. The van der Waals surface area contributed by atoms with Gasteiger partial charge in [-0.05, 0) is 51.4 Å². The van der Waals surface area contributed by atoms with E-state index in [0.29, 0.717) is 30.0 Å². The van der Waals surface area contributed by atoms with E-state index in [2.05, 4.69) is 10.2 Å². The molecule has 9 nitrogen and oxygen atoms in total. The molecule has 1 heterocycles. The van der Waals surface area contributed by atoms with Gasteiger partial charge in [-0.15, -0.1) is 0 Å². The predicted molar refractivity (Wildman–Crippen MR) is 164 cm³/mol. The molecule has 3 aromatic rings. The van der Waals surface area contributed by atoms with E-state index in [9.17, 15) is 19.7 Å². The standard InChI is InChI=1S/C34H37N3O6/c1-22(2)42-33(38)30-23(3)35-24(4)31(32(30)27-17-12-18-28(19-27)37(40)41)34(39)43-29(26-15-10-7-11-16-26)21-36(5)20-25-13-8-6-9-14-25/h6-19,22,29,32,35H,20-21H2,1-5H3. The molecular formula is C34H37N3O6. The number of esters is 2. The highest BCUT2D eigenvalue weighted by Crippen LogP contribution is 2.41. The highest BCUT2D eigenvalue weighted by molar-refractivity contribution is 6.00. The molecule has 224 valence electrons. The number of carbonyl (C=O) groups excluding carboxylic acids is 2. The van der Waals surface area contributed by atoms with Gasteiger partial charge in [0.25, 0.3) is 5.69 Å². The van der Waals surface area contributed by atoms with Crippen molar-refractivity contribution in [3.05, 3.63) is 134 Å². The van der Waals surface area contributed by atoms with Crippen LogP contribution in [0.4, 0.5) is 5.69 Å². The second kappa shape index (κ2) is 13.9. The van der Waals surface area contributed by atoms with E-state index in [1.54, 1.807) is 39.8 Å². The van der Waals surface area contributed by atoms with E-state index in [-0.39, 0.29) is 16.8 Å². The van der Waals surface area contributed by atoms with Gasteiger partial charge in [-0.1, -0.05) is 72.8 Å². The van der Waals surface area contributed by atoms with Crippen LogP contribution in [0.5, 0.6) is 0 Å². The lowest BCUT2D eigenvalue weighted by atomic mass is 9.80. The van der Waals surface area contributed by atoms with Gasteiger partial charge in [-0.3, -0.25) is 15.0 Å². The first kappa shape index (κ1) is 31.2. The summed E-state index contributed by atoms with van der Waals surface area (Å²) < 4.78 is 11.8. The topological polar surface area (TPSA) is 111 Å². The molecule has 0 amide bonds. The molecule has 1 N–H and O–H groups in total. The first-order valence-electron chi connectivity index (χ1n) is 14.2. The van der Waals surface area contributed by atoms with Gasteiger partial charge in [-0.2, -0.15) is 0 Å². The number of nitro benzene ring substituents is 1. The molecule has 0 saturated carbocycles. The molecule has 0 fully saturated rings. The van der Waals surface area contributed by atoms with E-state index in [1.165, 1.54) is 12.1 Å². The van der Waals surface area contributed by atoms with Crippen LogP contribution in [0.2, 0.25) is 0 Å². The maximum atomic E-state index is 14.2. The number of hydrogen-bond acceptors (Lipinski definition) is 8. The van der Waals surface area contributed by atoms with Crippen molar-refractivity contribution in [2.24, 2.45) is 0 Å². The molecule has 4 rings (SSSR count). The normalized spacial score (nSPS) is 15.7. The van der Waals surface area contributed by atoms with Gasteiger partial charge < -0.3 is 14.8 Å². The molecule has 2 atom stereocenters. The number of carbonyl (C=O) groups is 2. The number of benzene rings is 3. The van der Waals surface area contributed by atoms with Crippen LogP contribution in [0, 0.1) is 10.1 Å². The van der Waals surface area contributed by atoms with Crippen molar-refractivity contribution in [1.29, 1.82) is 0 Å². The fourth-order valence-corrected chi connectivity index (χ4v) is 5.28. The minimum absolute atomic E-state index is 0.152. The molecule has 1 aliphatic heterocycles. The zero-order valence-electron chi connectivity index (χ0n) is 25.1. The van der Waals surface area contributed by atoms with E-state index in [1.807, 2.05) is 67.7 Å². The largest absolute Gasteiger partial charge is 0.460 e. The van der Waals surface area contributed by atoms with E-state index >= 15 is 0 Å². The van der Waals surface area contributed by atoms with Gasteiger partial charge in [0, 0.05) is 36.6 Å². The number of ether oxygens (including phenoxy) is 2. The van der Waals surface area contributed by atoms with Gasteiger partial charge in [0.05, 0.1) is 28.1 Å². The fraction of sp³-hybridized carbons (Fsp3) is 0.294. The Labute approximate surface area is 252 Å². The van der Waals surface area contributed by atoms with Crippen molar-refractivity contribution in [2.45, 2.75) is 52.4 Å². The molecule has 3 aromatic carbocycles. The Balaban J connectivity index is 1.73. The Morgan fingerprint density at radius 2 is 1.47 bits per heavy atom. The summed E-state index contributed by atoms with van der Waals surface area (Å²) in [6.45, 7) is 7.97. The van der Waals surface area contributed by atoms with Crippen molar-refractivity contribution in [1.82, 2.24) is 10.2 Å². The summed E-state index contributed by atoms with van der Waals surface area (Å²) in [5.41, 5.74) is 3.57. The Hall–Kier alpha value is -4.76. The summed E-state index contributed by atoms with van der Waals surface area (Å²) in [4.78, 5) is 40.8. The van der Waals surface area contributed by atoms with Crippen LogP contribution in [0.25, 0.3) is 0 Å². The molecule has 9 heteroatoms. The molecule has 1 aliphatic rings. The second-order valence-electron chi connectivity index (χ2n) is 10.9. The Morgan fingerprint density at radius 1 is 0.884 bits per heavy atom. The van der Waals surface area contributed by atoms with Crippen molar-refractivity contribution in [3.63, 3.8) is 0 Å². The Kier molecular flexibility index (Phi) is 10.1. The van der Waals surface area contributed by atoms with Gasteiger partial charge in [0.1, 0.15) is 6.10 Å². The summed E-state index contributed by atoms with van der Waals surface area (Å²) in [5.74, 6) is -2.19. The molecule has 0 spiro atoms. The highest BCUT2D eigenvalue weighted by Gasteiger charge is 2.39. The van der Waals surface area contributed by atoms with E-state index in [4.69, 9.17) is 9.47 Å². The average Bonchev–Trinajstić information content (AvgIpc) is 2.97. The van der Waals surface area contributed by atoms with Crippen LogP contribution >= 0.6 is 0 Å². The summed E-state index contributed by atoms with van der Waals surface area (Å²) in [6.07, 6.45) is -1.05. The molecule has 0 bridgehead atoms. The van der Waals surface area contributed by atoms with Crippen LogP contribution < -0.4 is 5.32 Å². The SMILES string of the molecule is CC1=C(C(=O)OC(C)C)C(c2cccc([N+](=O)[O-])c2)C(C(=O)OC(CN(C)Cc2ccccc2)c2ccccc2)=C(C)N1. The molecular weight excluding hydrogens is 546 g/mol. The maximum Gasteiger partial charge on any atom is 0.337 e. The summed E-state index contributed by atoms with van der Waals surface area (Å²) in [5, 5.41) is 14.8. The number of nitrogens with zero attached hydrogens (tertiary/aromatic N) is 2. The Morgan fingerprint density at radius 3 is 2.05 bits per heavy atom. The number of nitro groups is 1. The number of rotatable bonds is 11. The lowest BCUT2D eigenvalue weighted by Gasteiger charge is -2.32. The first-order chi connectivity index (χ1) is 20.5. The maximum absolute atomic E-state index is 14.2. The zero-order chi connectivity index (χ0) is 31.1. The molecule has 0 aliphatic carbocycles. The third kappa shape index (κ3) is 7.75. The zero-order valence-corrected chi connectivity index (χ0v) is 25.1. The van der Waals surface area contributed by atoms with Crippen LogP contribution in [0.15, 0.2) is 107 Å². The van der Waals surface area contributed by atoms with Crippen molar-refractivity contribution >= 4 is 17.6 Å². The van der Waals surface area contributed by atoms with Gasteiger partial charge >= 0.3 is 11.9 Å². The summed E-state index contributed by atoms with van der Waals surface area (Å²) in [6, 6.07) is 25.4. The first-order valence-corrected chi connectivity index (χ1v) is 14.2. The van der Waals surface area contributed by atoms with Crippen LogP contribution in [-0.4, -0.2) is 41.5 Å². The number of allylic oxidation sites excluding steroid dienone is 2. The van der Waals surface area contributed by atoms with Crippen LogP contribution in [-0.2, 0) is 25.6 Å². The highest BCUT2D eigenvalue weighted by atomic mass is 16.6. The number of non-ortho nitro benzene ring substituents is 1. The third-order valence-electron chi connectivity index (χ3n) is 7.15. The minimum atomic E-state index is -0.946. The van der Waals surface area contributed by atoms with Crippen molar-refractivity contribution in [2.75, 3.05) is 13.6 Å². The van der Waals surface area contributed by atoms with Gasteiger partial charge in [-0.25, -0.2) is 9.59 Å². The number of likely N-dealkylation sites (N-methyl/N-ethyl adjacent to an activating group) is 1. The van der Waals surface area contributed by atoms with E-state index in [0.717, 1.165) is 11.1 Å². The van der Waals surface area contributed by atoms with E-state index < -0.39 is 35.0 Å². The molecule has 0 aromatic heterocycles.